The summed E-state index contributed by atoms with van der Waals surface area (Å²) in [6, 6.07) is 20.0. The van der Waals surface area contributed by atoms with E-state index in [2.05, 4.69) is 24.3 Å². The van der Waals surface area contributed by atoms with E-state index in [0.717, 1.165) is 38.0 Å². The molecule has 2 aromatic rings. The van der Waals surface area contributed by atoms with Crippen LogP contribution in [0, 0.1) is 0 Å². The Morgan fingerprint density at radius 3 is 2.48 bits per heavy atom. The first kappa shape index (κ1) is 21.4. The predicted octanol–water partition coefficient (Wildman–Crippen LogP) is 3.75. The van der Waals surface area contributed by atoms with Crippen LogP contribution in [-0.2, 0) is 16.0 Å². The second kappa shape index (κ2) is 11.1. The van der Waals surface area contributed by atoms with Gasteiger partial charge in [-0.1, -0.05) is 60.7 Å². The number of halogens is 1. The number of likely N-dealkylation sites (tertiary alicyclic amines) is 1. The van der Waals surface area contributed by atoms with Gasteiger partial charge in [-0.15, -0.1) is 12.4 Å². The van der Waals surface area contributed by atoms with E-state index >= 15 is 0 Å². The summed E-state index contributed by atoms with van der Waals surface area (Å²) >= 11 is 0. The molecule has 0 aromatic heterocycles. The van der Waals surface area contributed by atoms with E-state index in [1.54, 1.807) is 0 Å². The normalized spacial score (nSPS) is 17.4. The fraction of sp³-hybridized carbons (Fsp3) is 0.409. The number of aryl methyl sites for hydroxylation is 1. The van der Waals surface area contributed by atoms with Gasteiger partial charge in [0.05, 0.1) is 6.10 Å². The molecule has 27 heavy (non-hydrogen) atoms. The van der Waals surface area contributed by atoms with Gasteiger partial charge in [0.1, 0.15) is 0 Å². The van der Waals surface area contributed by atoms with E-state index in [4.69, 9.17) is 10.5 Å². The third-order valence-corrected chi connectivity index (χ3v) is 4.93. The number of hydrogen-bond acceptors (Lipinski definition) is 3. The summed E-state index contributed by atoms with van der Waals surface area (Å²) in [5.74, 6) is 0.122. The summed E-state index contributed by atoms with van der Waals surface area (Å²) in [4.78, 5) is 14.4. The first-order chi connectivity index (χ1) is 12.7. The van der Waals surface area contributed by atoms with Gasteiger partial charge in [-0.05, 0) is 30.4 Å². The lowest BCUT2D eigenvalue weighted by Crippen LogP contribution is -2.32. The van der Waals surface area contributed by atoms with Crippen molar-refractivity contribution in [3.8, 4) is 0 Å². The number of rotatable bonds is 8. The van der Waals surface area contributed by atoms with Crippen molar-refractivity contribution in [3.63, 3.8) is 0 Å². The molecule has 2 aromatic carbocycles. The minimum Gasteiger partial charge on any atom is -0.376 e. The fourth-order valence-corrected chi connectivity index (χ4v) is 3.40. The SMILES string of the molecule is Cl.NC(CC(=O)N1CCC(OCCCc2ccccc2)C1)c1ccccc1. The molecular weight excluding hydrogens is 360 g/mol. The maximum atomic E-state index is 12.5. The summed E-state index contributed by atoms with van der Waals surface area (Å²) < 4.78 is 5.97. The van der Waals surface area contributed by atoms with Gasteiger partial charge in [0.15, 0.2) is 0 Å². The molecule has 1 aliphatic heterocycles. The van der Waals surface area contributed by atoms with E-state index in [0.29, 0.717) is 13.0 Å². The molecule has 0 saturated carbocycles. The Hall–Kier alpha value is -1.88. The minimum atomic E-state index is -0.241. The fourth-order valence-electron chi connectivity index (χ4n) is 3.40. The van der Waals surface area contributed by atoms with Gasteiger partial charge in [-0.3, -0.25) is 4.79 Å². The predicted molar refractivity (Wildman–Crippen MR) is 111 cm³/mol. The number of hydrogen-bond donors (Lipinski definition) is 1. The van der Waals surface area contributed by atoms with Crippen molar-refractivity contribution in [2.45, 2.75) is 37.8 Å². The Bertz CT molecular complexity index is 681. The molecule has 0 aliphatic carbocycles. The monoisotopic (exact) mass is 388 g/mol. The number of nitrogens with two attached hydrogens (primary N) is 1. The van der Waals surface area contributed by atoms with Crippen LogP contribution in [0.5, 0.6) is 0 Å². The summed E-state index contributed by atoms with van der Waals surface area (Å²) in [5.41, 5.74) is 8.52. The van der Waals surface area contributed by atoms with Gasteiger partial charge in [-0.2, -0.15) is 0 Å². The number of amides is 1. The number of ether oxygens (including phenoxy) is 1. The average molecular weight is 389 g/mol. The van der Waals surface area contributed by atoms with Gasteiger partial charge >= 0.3 is 0 Å². The molecule has 1 heterocycles. The Kier molecular flexibility index (Phi) is 8.79. The minimum absolute atomic E-state index is 0. The highest BCUT2D eigenvalue weighted by Crippen LogP contribution is 2.19. The second-order valence-electron chi connectivity index (χ2n) is 6.93. The second-order valence-corrected chi connectivity index (χ2v) is 6.93. The van der Waals surface area contributed by atoms with E-state index in [-0.39, 0.29) is 30.5 Å². The first-order valence-corrected chi connectivity index (χ1v) is 9.46. The van der Waals surface area contributed by atoms with Crippen LogP contribution in [0.4, 0.5) is 0 Å². The molecule has 2 atom stereocenters. The molecule has 2 N–H and O–H groups in total. The number of carbonyl (C=O) groups is 1. The van der Waals surface area contributed by atoms with E-state index in [9.17, 15) is 4.79 Å². The van der Waals surface area contributed by atoms with Crippen molar-refractivity contribution in [3.05, 3.63) is 71.8 Å². The zero-order valence-corrected chi connectivity index (χ0v) is 16.4. The van der Waals surface area contributed by atoms with Crippen molar-refractivity contribution >= 4 is 18.3 Å². The Balaban J connectivity index is 0.00000261. The van der Waals surface area contributed by atoms with E-state index in [1.165, 1.54) is 5.56 Å². The topological polar surface area (TPSA) is 55.6 Å². The van der Waals surface area contributed by atoms with Crippen molar-refractivity contribution < 1.29 is 9.53 Å². The highest BCUT2D eigenvalue weighted by molar-refractivity contribution is 5.85. The molecule has 1 fully saturated rings. The average Bonchev–Trinajstić information content (AvgIpc) is 3.16. The quantitative estimate of drug-likeness (QED) is 0.700. The lowest BCUT2D eigenvalue weighted by atomic mass is 10.0. The molecule has 146 valence electrons. The third kappa shape index (κ3) is 6.65. The van der Waals surface area contributed by atoms with Crippen LogP contribution in [0.25, 0.3) is 0 Å². The number of carbonyl (C=O) groups excluding carboxylic acids is 1. The van der Waals surface area contributed by atoms with Crippen molar-refractivity contribution in [1.82, 2.24) is 4.90 Å². The van der Waals surface area contributed by atoms with Crippen LogP contribution in [0.3, 0.4) is 0 Å². The molecule has 2 unspecified atom stereocenters. The van der Waals surface area contributed by atoms with Crippen LogP contribution < -0.4 is 5.73 Å². The molecule has 1 saturated heterocycles. The zero-order chi connectivity index (χ0) is 18.2. The molecule has 0 bridgehead atoms. The molecule has 1 aliphatic rings. The van der Waals surface area contributed by atoms with Gasteiger partial charge in [-0.25, -0.2) is 0 Å². The summed E-state index contributed by atoms with van der Waals surface area (Å²) in [5, 5.41) is 0. The molecule has 4 nitrogen and oxygen atoms in total. The molecule has 0 radical (unpaired) electrons. The van der Waals surface area contributed by atoms with Crippen LogP contribution >= 0.6 is 12.4 Å². The first-order valence-electron chi connectivity index (χ1n) is 9.46. The lowest BCUT2D eigenvalue weighted by molar-refractivity contribution is -0.131. The van der Waals surface area contributed by atoms with Crippen molar-refractivity contribution in [1.29, 1.82) is 0 Å². The maximum Gasteiger partial charge on any atom is 0.224 e. The Morgan fingerprint density at radius 1 is 1.11 bits per heavy atom. The van der Waals surface area contributed by atoms with E-state index < -0.39 is 0 Å². The Morgan fingerprint density at radius 2 is 1.78 bits per heavy atom. The maximum absolute atomic E-state index is 12.5. The largest absolute Gasteiger partial charge is 0.376 e. The smallest absolute Gasteiger partial charge is 0.224 e. The van der Waals surface area contributed by atoms with Crippen LogP contribution in [0.2, 0.25) is 0 Å². The van der Waals surface area contributed by atoms with E-state index in [1.807, 2.05) is 41.3 Å². The third-order valence-electron chi connectivity index (χ3n) is 4.93. The zero-order valence-electron chi connectivity index (χ0n) is 15.6. The molecule has 1 amide bonds. The van der Waals surface area contributed by atoms with Crippen LogP contribution in [0.15, 0.2) is 60.7 Å². The van der Waals surface area contributed by atoms with Crippen LogP contribution in [-0.4, -0.2) is 36.6 Å². The van der Waals surface area contributed by atoms with Gasteiger partial charge < -0.3 is 15.4 Å². The summed E-state index contributed by atoms with van der Waals surface area (Å²) in [6.45, 7) is 2.19. The van der Waals surface area contributed by atoms with Crippen molar-refractivity contribution in [2.75, 3.05) is 19.7 Å². The highest BCUT2D eigenvalue weighted by atomic mass is 35.5. The van der Waals surface area contributed by atoms with Gasteiger partial charge in [0, 0.05) is 32.2 Å². The van der Waals surface area contributed by atoms with Gasteiger partial charge in [0.2, 0.25) is 5.91 Å². The number of benzene rings is 2. The summed E-state index contributed by atoms with van der Waals surface area (Å²) in [7, 11) is 0. The standard InChI is InChI=1S/C22H28N2O2.ClH/c23-21(19-11-5-2-6-12-19)16-22(25)24-14-13-20(17-24)26-15-7-10-18-8-3-1-4-9-18;/h1-6,8-9,11-12,20-21H,7,10,13-17,23H2;1H. The Labute approximate surface area is 168 Å². The molecule has 0 spiro atoms. The van der Waals surface area contributed by atoms with Crippen molar-refractivity contribution in [2.24, 2.45) is 5.73 Å². The lowest BCUT2D eigenvalue weighted by Gasteiger charge is -2.19. The molecule has 3 rings (SSSR count). The van der Waals surface area contributed by atoms with Crippen LogP contribution in [0.1, 0.15) is 36.4 Å². The number of nitrogens with zero attached hydrogens (tertiary/aromatic N) is 1. The molecule has 5 heteroatoms. The van der Waals surface area contributed by atoms with Gasteiger partial charge in [0.25, 0.3) is 0 Å². The highest BCUT2D eigenvalue weighted by Gasteiger charge is 2.27. The summed E-state index contributed by atoms with van der Waals surface area (Å²) in [6.07, 6.45) is 3.46. The molecular formula is C22H29ClN2O2.